The molecule has 0 fully saturated rings. The van der Waals surface area contributed by atoms with E-state index in [0.29, 0.717) is 49.8 Å². The largest absolute Gasteiger partial charge is 0.497 e. The number of nitrogens with zero attached hydrogens (tertiary/aromatic N) is 3. The lowest BCUT2D eigenvalue weighted by atomic mass is 10.0. The van der Waals surface area contributed by atoms with E-state index in [4.69, 9.17) is 15.2 Å². The quantitative estimate of drug-likeness (QED) is 0.251. The Morgan fingerprint density at radius 3 is 2.65 bits per heavy atom. The lowest BCUT2D eigenvalue weighted by Crippen LogP contribution is -2.28. The summed E-state index contributed by atoms with van der Waals surface area (Å²) in [5.41, 5.74) is 11.8. The van der Waals surface area contributed by atoms with E-state index < -0.39 is 0 Å². The molecule has 2 aromatic heterocycles. The first kappa shape index (κ1) is 26.1. The highest BCUT2D eigenvalue weighted by Crippen LogP contribution is 2.30. The van der Waals surface area contributed by atoms with Gasteiger partial charge in [-0.3, -0.25) is 9.20 Å². The fourth-order valence-electron chi connectivity index (χ4n) is 4.29. The van der Waals surface area contributed by atoms with Gasteiger partial charge < -0.3 is 25.8 Å². The molecule has 0 saturated heterocycles. The molecule has 2 aromatic carbocycles. The Morgan fingerprint density at radius 1 is 1.05 bits per heavy atom. The van der Waals surface area contributed by atoms with Crippen molar-refractivity contribution >= 4 is 23.1 Å². The van der Waals surface area contributed by atoms with Gasteiger partial charge >= 0.3 is 0 Å². The van der Waals surface area contributed by atoms with Crippen LogP contribution < -0.4 is 21.1 Å². The van der Waals surface area contributed by atoms with Crippen molar-refractivity contribution < 1.29 is 14.3 Å². The van der Waals surface area contributed by atoms with E-state index in [-0.39, 0.29) is 5.91 Å². The van der Waals surface area contributed by atoms with Crippen LogP contribution in [0.15, 0.2) is 55.0 Å². The minimum absolute atomic E-state index is 0.121. The van der Waals surface area contributed by atoms with Crippen molar-refractivity contribution in [1.29, 1.82) is 0 Å². The molecule has 4 rings (SSSR count). The number of anilines is 2. The summed E-state index contributed by atoms with van der Waals surface area (Å²) >= 11 is 0. The van der Waals surface area contributed by atoms with E-state index in [1.54, 1.807) is 13.3 Å². The Kier molecular flexibility index (Phi) is 8.71. The van der Waals surface area contributed by atoms with Gasteiger partial charge in [0, 0.05) is 42.3 Å². The number of methoxy groups -OCH3 is 1. The van der Waals surface area contributed by atoms with Gasteiger partial charge in [-0.15, -0.1) is 0 Å². The average Bonchev–Trinajstić information content (AvgIpc) is 3.37. The van der Waals surface area contributed by atoms with Crippen LogP contribution in [0.4, 0.5) is 11.5 Å². The number of nitrogens with two attached hydrogens (primary N) is 1. The van der Waals surface area contributed by atoms with E-state index >= 15 is 0 Å². The minimum atomic E-state index is -0.121. The van der Waals surface area contributed by atoms with Crippen molar-refractivity contribution in [3.63, 3.8) is 0 Å². The molecule has 0 bridgehead atoms. The van der Waals surface area contributed by atoms with E-state index in [1.807, 2.05) is 48.0 Å². The highest BCUT2D eigenvalue weighted by Gasteiger charge is 2.15. The van der Waals surface area contributed by atoms with Crippen LogP contribution in [0.1, 0.15) is 35.3 Å². The maximum atomic E-state index is 12.7. The molecule has 0 atom stereocenters. The minimum Gasteiger partial charge on any atom is -0.497 e. The number of benzene rings is 2. The standard InChI is InChI=1S/C28H34N6O3/c1-4-19-16-21(6-8-24(19)28(35)31-12-15-37-14-10-29)33-26-27-32-18-25(34(27)13-11-30-26)23-9-7-22(36-3)17-20(23)5-2/h6-9,11,13,16-18H,4-5,10,12,14-15,29H2,1-3H3,(H,30,33)(H,31,35). The van der Waals surface area contributed by atoms with Gasteiger partial charge in [0.1, 0.15) is 5.75 Å². The maximum Gasteiger partial charge on any atom is 0.251 e. The van der Waals surface area contributed by atoms with E-state index in [2.05, 4.69) is 39.7 Å². The molecule has 0 radical (unpaired) electrons. The molecule has 0 unspecified atom stereocenters. The van der Waals surface area contributed by atoms with Gasteiger partial charge in [-0.25, -0.2) is 9.97 Å². The first-order chi connectivity index (χ1) is 18.1. The van der Waals surface area contributed by atoms with Crippen LogP contribution in [0.2, 0.25) is 0 Å². The van der Waals surface area contributed by atoms with Gasteiger partial charge in [-0.2, -0.15) is 0 Å². The van der Waals surface area contributed by atoms with E-state index in [0.717, 1.165) is 34.7 Å². The second kappa shape index (κ2) is 12.3. The molecule has 9 nitrogen and oxygen atoms in total. The molecule has 0 aliphatic rings. The number of hydrogen-bond acceptors (Lipinski definition) is 7. The van der Waals surface area contributed by atoms with Crippen molar-refractivity contribution in [3.8, 4) is 17.0 Å². The van der Waals surface area contributed by atoms with Crippen LogP contribution in [0.5, 0.6) is 5.75 Å². The number of aromatic nitrogens is 3. The number of carbonyl (C=O) groups excluding carboxylic acids is 1. The fourth-order valence-corrected chi connectivity index (χ4v) is 4.29. The van der Waals surface area contributed by atoms with Crippen molar-refractivity contribution in [1.82, 2.24) is 19.7 Å². The second-order valence-corrected chi connectivity index (χ2v) is 8.50. The SMILES string of the molecule is CCc1cc(Nc2nccn3c(-c4ccc(OC)cc4CC)cnc23)ccc1C(=O)NCCOCCN. The van der Waals surface area contributed by atoms with E-state index in [9.17, 15) is 4.79 Å². The molecule has 2 heterocycles. The van der Waals surface area contributed by atoms with Crippen LogP contribution in [0.25, 0.3) is 16.9 Å². The fraction of sp³-hybridized carbons (Fsp3) is 0.321. The summed E-state index contributed by atoms with van der Waals surface area (Å²) in [7, 11) is 1.68. The molecule has 4 N–H and O–H groups in total. The molecular weight excluding hydrogens is 468 g/mol. The molecule has 0 aliphatic heterocycles. The molecule has 0 aliphatic carbocycles. The predicted octanol–water partition coefficient (Wildman–Crippen LogP) is 3.98. The molecule has 1 amide bonds. The number of amides is 1. The zero-order valence-electron chi connectivity index (χ0n) is 21.6. The van der Waals surface area contributed by atoms with E-state index in [1.165, 1.54) is 5.56 Å². The first-order valence-electron chi connectivity index (χ1n) is 12.5. The number of aryl methyl sites for hydroxylation is 2. The lowest BCUT2D eigenvalue weighted by molar-refractivity contribution is 0.0919. The zero-order valence-corrected chi connectivity index (χ0v) is 21.6. The Balaban J connectivity index is 1.57. The molecular formula is C28H34N6O3. The summed E-state index contributed by atoms with van der Waals surface area (Å²) in [6.45, 7) is 5.97. The normalized spacial score (nSPS) is 11.0. The molecule has 0 spiro atoms. The van der Waals surface area contributed by atoms with Crippen LogP contribution in [-0.4, -0.2) is 53.7 Å². The molecule has 37 heavy (non-hydrogen) atoms. The molecule has 9 heteroatoms. The summed E-state index contributed by atoms with van der Waals surface area (Å²) in [6.07, 6.45) is 7.12. The summed E-state index contributed by atoms with van der Waals surface area (Å²) in [4.78, 5) is 21.9. The third-order valence-electron chi connectivity index (χ3n) is 6.18. The summed E-state index contributed by atoms with van der Waals surface area (Å²) < 4.78 is 12.8. The van der Waals surface area contributed by atoms with Gasteiger partial charge in [0.2, 0.25) is 0 Å². The third kappa shape index (κ3) is 5.90. The average molecular weight is 503 g/mol. The van der Waals surface area contributed by atoms with Crippen molar-refractivity contribution in [2.75, 3.05) is 38.7 Å². The maximum absolute atomic E-state index is 12.7. The highest BCUT2D eigenvalue weighted by atomic mass is 16.5. The monoisotopic (exact) mass is 502 g/mol. The number of rotatable bonds is 12. The smallest absolute Gasteiger partial charge is 0.251 e. The van der Waals surface area contributed by atoms with Gasteiger partial charge in [0.25, 0.3) is 5.91 Å². The van der Waals surface area contributed by atoms with Gasteiger partial charge in [0.15, 0.2) is 11.5 Å². The molecule has 0 saturated carbocycles. The number of carbonyl (C=O) groups is 1. The van der Waals surface area contributed by atoms with Crippen molar-refractivity contribution in [2.45, 2.75) is 26.7 Å². The Labute approximate surface area is 217 Å². The number of imidazole rings is 1. The molecule has 4 aromatic rings. The highest BCUT2D eigenvalue weighted by molar-refractivity contribution is 5.96. The first-order valence-corrected chi connectivity index (χ1v) is 12.5. The topological polar surface area (TPSA) is 116 Å². The van der Waals surface area contributed by atoms with Crippen molar-refractivity contribution in [3.05, 3.63) is 71.7 Å². The van der Waals surface area contributed by atoms with Crippen LogP contribution >= 0.6 is 0 Å². The number of nitrogens with one attached hydrogen (secondary N) is 2. The summed E-state index contributed by atoms with van der Waals surface area (Å²) in [5, 5.41) is 6.29. The number of hydrogen-bond donors (Lipinski definition) is 3. The van der Waals surface area contributed by atoms with Crippen LogP contribution in [-0.2, 0) is 17.6 Å². The third-order valence-corrected chi connectivity index (χ3v) is 6.18. The van der Waals surface area contributed by atoms with Gasteiger partial charge in [0.05, 0.1) is 32.2 Å². The number of fused-ring (bicyclic) bond motifs is 1. The Morgan fingerprint density at radius 2 is 1.89 bits per heavy atom. The Bertz CT molecular complexity index is 1370. The summed E-state index contributed by atoms with van der Waals surface area (Å²) in [5.74, 6) is 1.35. The lowest BCUT2D eigenvalue weighted by Gasteiger charge is -2.13. The zero-order chi connectivity index (χ0) is 26.2. The Hall–Kier alpha value is -3.95. The van der Waals surface area contributed by atoms with Crippen molar-refractivity contribution in [2.24, 2.45) is 5.73 Å². The second-order valence-electron chi connectivity index (χ2n) is 8.50. The summed E-state index contributed by atoms with van der Waals surface area (Å²) in [6, 6.07) is 11.8. The number of ether oxygens (including phenoxy) is 2. The predicted molar refractivity (Wildman–Crippen MR) is 146 cm³/mol. The van der Waals surface area contributed by atoms with Crippen LogP contribution in [0, 0.1) is 0 Å². The van der Waals surface area contributed by atoms with Gasteiger partial charge in [-0.05, 0) is 60.4 Å². The molecule has 194 valence electrons. The van der Waals surface area contributed by atoms with Crippen LogP contribution in [0.3, 0.4) is 0 Å². The van der Waals surface area contributed by atoms with Gasteiger partial charge in [-0.1, -0.05) is 13.8 Å².